The van der Waals surface area contributed by atoms with Crippen molar-refractivity contribution in [3.8, 4) is 0 Å². The molecule has 1 fully saturated rings. The van der Waals surface area contributed by atoms with Crippen LogP contribution in [0.4, 0.5) is 5.69 Å². The molecule has 2 amide bonds. The smallest absolute Gasteiger partial charge is 0.291 e. The van der Waals surface area contributed by atoms with Crippen LogP contribution in [-0.2, 0) is 6.42 Å². The van der Waals surface area contributed by atoms with Crippen LogP contribution in [0.5, 0.6) is 0 Å². The lowest BCUT2D eigenvalue weighted by molar-refractivity contribution is 0.0687. The van der Waals surface area contributed by atoms with E-state index in [1.165, 1.54) is 23.8 Å². The topological polar surface area (TPSA) is 62.6 Å². The van der Waals surface area contributed by atoms with E-state index in [1.54, 1.807) is 36.4 Å². The normalized spacial score (nSPS) is 14.4. The molecular formula is C26H28N2O3. The maximum absolute atomic E-state index is 12.9. The van der Waals surface area contributed by atoms with Crippen LogP contribution in [0.1, 0.15) is 51.3 Å². The Bertz CT molecular complexity index is 1000. The molecule has 5 heteroatoms. The first kappa shape index (κ1) is 20.9. The molecule has 0 bridgehead atoms. The van der Waals surface area contributed by atoms with E-state index >= 15 is 0 Å². The predicted molar refractivity (Wildman–Crippen MR) is 121 cm³/mol. The zero-order valence-electron chi connectivity index (χ0n) is 17.8. The maximum atomic E-state index is 12.9. The average molecular weight is 417 g/mol. The highest BCUT2D eigenvalue weighted by Crippen LogP contribution is 2.24. The molecule has 2 aromatic carbocycles. The minimum atomic E-state index is -0.309. The molecule has 4 rings (SSSR count). The van der Waals surface area contributed by atoms with Gasteiger partial charge in [-0.15, -0.1) is 0 Å². The lowest BCUT2D eigenvalue weighted by Gasteiger charge is -2.32. The third-order valence-electron chi connectivity index (χ3n) is 6.00. The highest BCUT2D eigenvalue weighted by Gasteiger charge is 2.23. The summed E-state index contributed by atoms with van der Waals surface area (Å²) in [5, 5.41) is 2.77. The number of nitrogens with one attached hydrogen (secondary N) is 1. The largest absolute Gasteiger partial charge is 0.459 e. The zero-order chi connectivity index (χ0) is 21.6. The first-order valence-electron chi connectivity index (χ1n) is 10.9. The van der Waals surface area contributed by atoms with E-state index in [-0.39, 0.29) is 17.6 Å². The van der Waals surface area contributed by atoms with Crippen molar-refractivity contribution in [2.75, 3.05) is 18.4 Å². The van der Waals surface area contributed by atoms with E-state index in [0.29, 0.717) is 17.2 Å². The summed E-state index contributed by atoms with van der Waals surface area (Å²) in [7, 11) is 0. The Kier molecular flexibility index (Phi) is 6.51. The fourth-order valence-electron chi connectivity index (χ4n) is 4.03. The molecule has 1 aliphatic heterocycles. The van der Waals surface area contributed by atoms with Crippen molar-refractivity contribution in [2.45, 2.75) is 32.6 Å². The standard InChI is InChI=1S/C26H28N2O3/c1-19-4-6-20(7-5-19)8-9-21-14-16-28(17-15-21)26(30)22-10-12-23(13-11-22)27-25(29)24-3-2-18-31-24/h2-7,10-13,18,21H,8-9,14-17H2,1H3,(H,27,29). The van der Waals surface area contributed by atoms with Crippen LogP contribution >= 0.6 is 0 Å². The van der Waals surface area contributed by atoms with Crippen LogP contribution in [0.15, 0.2) is 71.3 Å². The first-order valence-corrected chi connectivity index (χ1v) is 10.9. The van der Waals surface area contributed by atoms with Crippen molar-refractivity contribution in [2.24, 2.45) is 5.92 Å². The Morgan fingerprint density at radius 1 is 1.00 bits per heavy atom. The van der Waals surface area contributed by atoms with Crippen LogP contribution in [0, 0.1) is 12.8 Å². The molecule has 0 atom stereocenters. The van der Waals surface area contributed by atoms with E-state index < -0.39 is 0 Å². The minimum absolute atomic E-state index is 0.0564. The van der Waals surface area contributed by atoms with Gasteiger partial charge in [0.1, 0.15) is 0 Å². The molecular weight excluding hydrogens is 388 g/mol. The number of furan rings is 1. The number of benzene rings is 2. The van der Waals surface area contributed by atoms with Gasteiger partial charge in [-0.2, -0.15) is 0 Å². The van der Waals surface area contributed by atoms with Gasteiger partial charge in [-0.1, -0.05) is 29.8 Å². The van der Waals surface area contributed by atoms with E-state index in [4.69, 9.17) is 4.42 Å². The second-order valence-corrected chi connectivity index (χ2v) is 8.27. The molecule has 0 spiro atoms. The number of aryl methyl sites for hydroxylation is 2. The minimum Gasteiger partial charge on any atom is -0.459 e. The second kappa shape index (κ2) is 9.65. The summed E-state index contributed by atoms with van der Waals surface area (Å²) in [6, 6.07) is 19.1. The van der Waals surface area contributed by atoms with E-state index in [1.807, 2.05) is 4.90 Å². The van der Waals surface area contributed by atoms with E-state index in [2.05, 4.69) is 36.5 Å². The molecule has 1 saturated heterocycles. The molecule has 160 valence electrons. The summed E-state index contributed by atoms with van der Waals surface area (Å²) in [5.74, 6) is 0.674. The number of hydrogen-bond donors (Lipinski definition) is 1. The van der Waals surface area contributed by atoms with Crippen LogP contribution in [0.3, 0.4) is 0 Å². The van der Waals surface area contributed by atoms with Gasteiger partial charge >= 0.3 is 0 Å². The van der Waals surface area contributed by atoms with E-state index in [9.17, 15) is 9.59 Å². The summed E-state index contributed by atoms with van der Waals surface area (Å²) in [5.41, 5.74) is 3.97. The highest BCUT2D eigenvalue weighted by atomic mass is 16.3. The Hall–Kier alpha value is -3.34. The molecule has 1 N–H and O–H groups in total. The summed E-state index contributed by atoms with van der Waals surface area (Å²) in [6.07, 6.45) is 5.84. The second-order valence-electron chi connectivity index (χ2n) is 8.27. The molecule has 0 saturated carbocycles. The van der Waals surface area contributed by atoms with Gasteiger partial charge in [0, 0.05) is 24.3 Å². The molecule has 31 heavy (non-hydrogen) atoms. The molecule has 1 aliphatic rings. The molecule has 5 nitrogen and oxygen atoms in total. The fourth-order valence-corrected chi connectivity index (χ4v) is 4.03. The first-order chi connectivity index (χ1) is 15.1. The Balaban J connectivity index is 1.25. The maximum Gasteiger partial charge on any atom is 0.291 e. The number of rotatable bonds is 6. The monoisotopic (exact) mass is 416 g/mol. The zero-order valence-corrected chi connectivity index (χ0v) is 17.8. The third-order valence-corrected chi connectivity index (χ3v) is 6.00. The lowest BCUT2D eigenvalue weighted by Crippen LogP contribution is -2.38. The highest BCUT2D eigenvalue weighted by molar-refractivity contribution is 6.02. The van der Waals surface area contributed by atoms with Crippen molar-refractivity contribution < 1.29 is 14.0 Å². The Morgan fingerprint density at radius 2 is 1.71 bits per heavy atom. The number of anilines is 1. The molecule has 3 aromatic rings. The van der Waals surface area contributed by atoms with Gasteiger partial charge in [0.25, 0.3) is 11.8 Å². The van der Waals surface area contributed by atoms with Gasteiger partial charge in [0.2, 0.25) is 0 Å². The molecule has 0 radical (unpaired) electrons. The number of likely N-dealkylation sites (tertiary alicyclic amines) is 1. The number of hydrogen-bond acceptors (Lipinski definition) is 3. The summed E-state index contributed by atoms with van der Waals surface area (Å²) >= 11 is 0. The summed E-state index contributed by atoms with van der Waals surface area (Å²) in [6.45, 7) is 3.71. The van der Waals surface area contributed by atoms with Crippen molar-refractivity contribution in [3.63, 3.8) is 0 Å². The van der Waals surface area contributed by atoms with E-state index in [0.717, 1.165) is 32.4 Å². The summed E-state index contributed by atoms with van der Waals surface area (Å²) < 4.78 is 5.09. The number of nitrogens with zero attached hydrogens (tertiary/aromatic N) is 1. The number of carbonyl (C=O) groups excluding carboxylic acids is 2. The number of piperidine rings is 1. The van der Waals surface area contributed by atoms with Crippen LogP contribution in [0.2, 0.25) is 0 Å². The summed E-state index contributed by atoms with van der Waals surface area (Å²) in [4.78, 5) is 26.9. The van der Waals surface area contributed by atoms with Gasteiger partial charge in [0.15, 0.2) is 5.76 Å². The third kappa shape index (κ3) is 5.43. The van der Waals surface area contributed by atoms with Gasteiger partial charge in [-0.05, 0) is 80.5 Å². The predicted octanol–water partition coefficient (Wildman–Crippen LogP) is 5.33. The van der Waals surface area contributed by atoms with Gasteiger partial charge in [-0.25, -0.2) is 0 Å². The van der Waals surface area contributed by atoms with Crippen molar-refractivity contribution in [3.05, 3.63) is 89.4 Å². The number of amides is 2. The SMILES string of the molecule is Cc1ccc(CCC2CCN(C(=O)c3ccc(NC(=O)c4ccco4)cc3)CC2)cc1. The average Bonchev–Trinajstić information content (AvgIpc) is 3.34. The lowest BCUT2D eigenvalue weighted by atomic mass is 9.90. The van der Waals surface area contributed by atoms with Gasteiger partial charge in [-0.3, -0.25) is 9.59 Å². The van der Waals surface area contributed by atoms with Crippen LogP contribution in [0.25, 0.3) is 0 Å². The van der Waals surface area contributed by atoms with Gasteiger partial charge < -0.3 is 14.6 Å². The molecule has 2 heterocycles. The Labute approximate surface area is 183 Å². The van der Waals surface area contributed by atoms with Crippen LogP contribution < -0.4 is 5.32 Å². The molecule has 1 aromatic heterocycles. The fraction of sp³-hybridized carbons (Fsp3) is 0.308. The number of carbonyl (C=O) groups is 2. The van der Waals surface area contributed by atoms with Crippen molar-refractivity contribution in [1.82, 2.24) is 4.90 Å². The van der Waals surface area contributed by atoms with Crippen molar-refractivity contribution >= 4 is 17.5 Å². The van der Waals surface area contributed by atoms with Crippen molar-refractivity contribution in [1.29, 1.82) is 0 Å². The van der Waals surface area contributed by atoms with Crippen LogP contribution in [-0.4, -0.2) is 29.8 Å². The Morgan fingerprint density at radius 3 is 2.35 bits per heavy atom. The molecule has 0 aliphatic carbocycles. The molecule has 0 unspecified atom stereocenters. The quantitative estimate of drug-likeness (QED) is 0.591. The van der Waals surface area contributed by atoms with Gasteiger partial charge in [0.05, 0.1) is 6.26 Å².